The van der Waals surface area contributed by atoms with Gasteiger partial charge in [-0.2, -0.15) is 0 Å². The van der Waals surface area contributed by atoms with Gasteiger partial charge in [-0.15, -0.1) is 0 Å². The molecule has 6 nitrogen and oxygen atoms in total. The number of aliphatic carboxylic acids is 1. The van der Waals surface area contributed by atoms with Crippen LogP contribution in [-0.2, 0) is 9.53 Å². The van der Waals surface area contributed by atoms with Crippen molar-refractivity contribution in [2.24, 2.45) is 11.3 Å². The van der Waals surface area contributed by atoms with E-state index < -0.39 is 11.4 Å². The summed E-state index contributed by atoms with van der Waals surface area (Å²) in [6.45, 7) is 1.42. The van der Waals surface area contributed by atoms with Crippen LogP contribution in [0.3, 0.4) is 0 Å². The molecule has 2 aliphatic rings. The Hall–Kier alpha value is -1.34. The number of halogens is 1. The van der Waals surface area contributed by atoms with Crippen LogP contribution in [0.5, 0.6) is 0 Å². The summed E-state index contributed by atoms with van der Waals surface area (Å²) < 4.78 is 11.1. The summed E-state index contributed by atoms with van der Waals surface area (Å²) in [5.74, 6) is -1.06. The molecule has 108 valence electrons. The Morgan fingerprint density at radius 1 is 1.45 bits per heavy atom. The van der Waals surface area contributed by atoms with Gasteiger partial charge in [0, 0.05) is 25.6 Å². The molecule has 7 heteroatoms. The number of carboxylic acids is 1. The number of rotatable bonds is 2. The molecule has 0 bridgehead atoms. The monoisotopic (exact) mass is 343 g/mol. The molecule has 2 saturated heterocycles. The number of likely N-dealkylation sites (tertiary alicyclic amines) is 1. The topological polar surface area (TPSA) is 80.0 Å². The first-order valence-electron chi connectivity index (χ1n) is 6.39. The minimum absolute atomic E-state index is 0.156. The Balaban J connectivity index is 1.84. The number of hydrogen-bond donors (Lipinski definition) is 1. The van der Waals surface area contributed by atoms with Gasteiger partial charge in [-0.05, 0) is 34.5 Å². The van der Waals surface area contributed by atoms with Crippen molar-refractivity contribution < 1.29 is 23.8 Å². The molecule has 3 rings (SSSR count). The highest BCUT2D eigenvalue weighted by molar-refractivity contribution is 9.10. The van der Waals surface area contributed by atoms with Crippen LogP contribution in [0, 0.1) is 11.3 Å². The Labute approximate surface area is 123 Å². The van der Waals surface area contributed by atoms with E-state index >= 15 is 0 Å². The summed E-state index contributed by atoms with van der Waals surface area (Å²) in [5.41, 5.74) is -0.877. The van der Waals surface area contributed by atoms with Crippen LogP contribution in [0.4, 0.5) is 0 Å². The van der Waals surface area contributed by atoms with Crippen LogP contribution in [0.2, 0.25) is 0 Å². The normalized spacial score (nSPS) is 29.2. The summed E-state index contributed by atoms with van der Waals surface area (Å²) in [7, 11) is 0. The number of carbonyl (C=O) groups is 2. The summed E-state index contributed by atoms with van der Waals surface area (Å²) in [5, 5.41) is 9.55. The molecule has 2 atom stereocenters. The van der Waals surface area contributed by atoms with E-state index in [4.69, 9.17) is 9.15 Å². The fourth-order valence-corrected chi connectivity index (χ4v) is 3.35. The van der Waals surface area contributed by atoms with Gasteiger partial charge in [0.25, 0.3) is 5.91 Å². The van der Waals surface area contributed by atoms with Gasteiger partial charge in [0.2, 0.25) is 0 Å². The Morgan fingerprint density at radius 2 is 2.25 bits per heavy atom. The van der Waals surface area contributed by atoms with Gasteiger partial charge >= 0.3 is 5.97 Å². The lowest BCUT2D eigenvalue weighted by atomic mass is 9.74. The Bertz CT molecular complexity index is 557. The van der Waals surface area contributed by atoms with E-state index in [0.29, 0.717) is 30.8 Å². The molecule has 1 N–H and O–H groups in total. The highest BCUT2D eigenvalue weighted by Crippen LogP contribution is 2.42. The maximum atomic E-state index is 12.3. The smallest absolute Gasteiger partial charge is 0.311 e. The molecule has 0 radical (unpaired) electrons. The van der Waals surface area contributed by atoms with E-state index in [1.807, 2.05) is 0 Å². The standard InChI is InChI=1S/C13H14BrNO5/c14-10-2-1-9(20-10)11(16)15-5-8-6-19-4-3-13(8,7-15)12(17)18/h1-2,8H,3-7H2,(H,17,18)/t8-,13+/m0/s1. The van der Waals surface area contributed by atoms with E-state index in [0.717, 1.165) is 0 Å². The van der Waals surface area contributed by atoms with Crippen molar-refractivity contribution >= 4 is 27.8 Å². The maximum Gasteiger partial charge on any atom is 0.311 e. The van der Waals surface area contributed by atoms with Crippen molar-refractivity contribution in [2.75, 3.05) is 26.3 Å². The van der Waals surface area contributed by atoms with Crippen LogP contribution in [0.1, 0.15) is 17.0 Å². The number of furan rings is 1. The first kappa shape index (κ1) is 13.6. The fourth-order valence-electron chi connectivity index (χ4n) is 3.04. The van der Waals surface area contributed by atoms with Gasteiger partial charge in [-0.1, -0.05) is 0 Å². The highest BCUT2D eigenvalue weighted by Gasteiger charge is 2.55. The molecular formula is C13H14BrNO5. The zero-order valence-corrected chi connectivity index (χ0v) is 12.3. The number of fused-ring (bicyclic) bond motifs is 1. The molecular weight excluding hydrogens is 330 g/mol. The summed E-state index contributed by atoms with van der Waals surface area (Å²) in [6, 6.07) is 3.23. The maximum absolute atomic E-state index is 12.3. The van der Waals surface area contributed by atoms with Crippen molar-refractivity contribution in [1.82, 2.24) is 4.90 Å². The van der Waals surface area contributed by atoms with E-state index in [2.05, 4.69) is 15.9 Å². The lowest BCUT2D eigenvalue weighted by Gasteiger charge is -2.33. The molecule has 0 aromatic carbocycles. The predicted molar refractivity (Wildman–Crippen MR) is 71.3 cm³/mol. The molecule has 1 aromatic heterocycles. The molecule has 0 saturated carbocycles. The molecule has 2 aliphatic heterocycles. The minimum Gasteiger partial charge on any atom is -0.481 e. The lowest BCUT2D eigenvalue weighted by molar-refractivity contribution is -0.157. The molecule has 1 amide bonds. The van der Waals surface area contributed by atoms with Crippen LogP contribution in [0.15, 0.2) is 21.2 Å². The largest absolute Gasteiger partial charge is 0.481 e. The molecule has 3 heterocycles. The van der Waals surface area contributed by atoms with Crippen molar-refractivity contribution in [3.8, 4) is 0 Å². The zero-order chi connectivity index (χ0) is 14.3. The fraction of sp³-hybridized carbons (Fsp3) is 0.538. The van der Waals surface area contributed by atoms with E-state index in [9.17, 15) is 14.7 Å². The lowest BCUT2D eigenvalue weighted by Crippen LogP contribution is -2.45. The first-order chi connectivity index (χ1) is 9.53. The average molecular weight is 344 g/mol. The van der Waals surface area contributed by atoms with Crippen LogP contribution in [-0.4, -0.2) is 48.2 Å². The summed E-state index contributed by atoms with van der Waals surface area (Å²) >= 11 is 3.15. The zero-order valence-electron chi connectivity index (χ0n) is 10.7. The SMILES string of the molecule is O=C(c1ccc(Br)o1)N1C[C@H]2COCC[C@@]2(C(=O)O)C1. The first-order valence-corrected chi connectivity index (χ1v) is 7.18. The van der Waals surface area contributed by atoms with Gasteiger partial charge in [-0.25, -0.2) is 0 Å². The third kappa shape index (κ3) is 2.05. The second-order valence-corrected chi connectivity index (χ2v) is 6.05. The van der Waals surface area contributed by atoms with Crippen molar-refractivity contribution in [2.45, 2.75) is 6.42 Å². The van der Waals surface area contributed by atoms with Gasteiger partial charge < -0.3 is 19.2 Å². The number of hydrogen-bond acceptors (Lipinski definition) is 4. The van der Waals surface area contributed by atoms with Crippen molar-refractivity contribution in [3.63, 3.8) is 0 Å². The number of amides is 1. The van der Waals surface area contributed by atoms with Gasteiger partial charge in [-0.3, -0.25) is 9.59 Å². The molecule has 1 aromatic rings. The molecule has 0 aliphatic carbocycles. The summed E-state index contributed by atoms with van der Waals surface area (Å²) in [6.07, 6.45) is 0.443. The number of carboxylic acid groups (broad SMARTS) is 1. The van der Waals surface area contributed by atoms with Crippen LogP contribution < -0.4 is 0 Å². The van der Waals surface area contributed by atoms with Crippen molar-refractivity contribution in [3.05, 3.63) is 22.6 Å². The summed E-state index contributed by atoms with van der Waals surface area (Å²) in [4.78, 5) is 25.5. The molecule has 20 heavy (non-hydrogen) atoms. The third-order valence-electron chi connectivity index (χ3n) is 4.20. The van der Waals surface area contributed by atoms with E-state index in [1.165, 1.54) is 0 Å². The third-order valence-corrected chi connectivity index (χ3v) is 4.63. The number of carbonyl (C=O) groups excluding carboxylic acids is 1. The van der Waals surface area contributed by atoms with Gasteiger partial charge in [0.05, 0.1) is 12.0 Å². The Kier molecular flexibility index (Phi) is 3.33. The average Bonchev–Trinajstić information content (AvgIpc) is 3.02. The Morgan fingerprint density at radius 3 is 2.85 bits per heavy atom. The predicted octanol–water partition coefficient (Wildman–Crippen LogP) is 1.61. The van der Waals surface area contributed by atoms with Crippen LogP contribution in [0.25, 0.3) is 0 Å². The van der Waals surface area contributed by atoms with Gasteiger partial charge in [0.1, 0.15) is 0 Å². The second-order valence-electron chi connectivity index (χ2n) is 5.27. The van der Waals surface area contributed by atoms with E-state index in [1.54, 1.807) is 17.0 Å². The minimum atomic E-state index is -0.877. The molecule has 0 unspecified atom stereocenters. The number of ether oxygens (including phenoxy) is 1. The van der Waals surface area contributed by atoms with E-state index in [-0.39, 0.29) is 24.1 Å². The van der Waals surface area contributed by atoms with Crippen molar-refractivity contribution in [1.29, 1.82) is 0 Å². The second kappa shape index (κ2) is 4.89. The van der Waals surface area contributed by atoms with Crippen LogP contribution >= 0.6 is 15.9 Å². The quantitative estimate of drug-likeness (QED) is 0.882. The van der Waals surface area contributed by atoms with Gasteiger partial charge in [0.15, 0.2) is 10.4 Å². The molecule has 2 fully saturated rings. The highest BCUT2D eigenvalue weighted by atomic mass is 79.9. The number of nitrogens with zero attached hydrogens (tertiary/aromatic N) is 1. The molecule has 0 spiro atoms.